The molecule has 1 aromatic heterocycles. The molecule has 0 aromatic carbocycles. The summed E-state index contributed by atoms with van der Waals surface area (Å²) in [5.41, 5.74) is 0. The number of rotatable bonds is 2. The molecule has 0 amide bonds. The quantitative estimate of drug-likeness (QED) is 0.848. The molecule has 3 rings (SSSR count). The summed E-state index contributed by atoms with van der Waals surface area (Å²) in [7, 11) is -3.33. The molecule has 2 fully saturated rings. The third-order valence-corrected chi connectivity index (χ3v) is 8.16. The Hall–Kier alpha value is 0.340. The molecule has 0 aliphatic carbocycles. The first-order chi connectivity index (χ1) is 8.57. The number of nitrogens with one attached hydrogen (secondary N) is 1. The molecule has 0 radical (unpaired) electrons. The summed E-state index contributed by atoms with van der Waals surface area (Å²) in [6.07, 6.45) is 3.18. The highest BCUT2D eigenvalue weighted by Crippen LogP contribution is 2.32. The van der Waals surface area contributed by atoms with E-state index < -0.39 is 10.0 Å². The Morgan fingerprint density at radius 3 is 2.74 bits per heavy atom. The first kappa shape index (κ1) is 15.7. The Bertz CT molecular complexity index is 549. The van der Waals surface area contributed by atoms with Crippen LogP contribution in [-0.4, -0.2) is 37.9 Å². The summed E-state index contributed by atoms with van der Waals surface area (Å²) >= 11 is 4.60. The van der Waals surface area contributed by atoms with E-state index in [0.717, 1.165) is 12.8 Å². The van der Waals surface area contributed by atoms with E-state index in [-0.39, 0.29) is 12.4 Å². The maximum Gasteiger partial charge on any atom is 0.253 e. The highest BCUT2D eigenvalue weighted by atomic mass is 79.9. The van der Waals surface area contributed by atoms with E-state index in [9.17, 15) is 8.42 Å². The molecule has 2 aliphatic rings. The van der Waals surface area contributed by atoms with Crippen molar-refractivity contribution in [2.75, 3.05) is 13.1 Å². The Labute approximate surface area is 132 Å². The molecule has 108 valence electrons. The average Bonchev–Trinajstić information content (AvgIpc) is 2.84. The van der Waals surface area contributed by atoms with Crippen molar-refractivity contribution in [1.29, 1.82) is 0 Å². The molecule has 2 atom stereocenters. The molecule has 1 aromatic rings. The summed E-state index contributed by atoms with van der Waals surface area (Å²) in [6, 6.07) is 2.62. The van der Waals surface area contributed by atoms with Crippen LogP contribution in [0.25, 0.3) is 0 Å². The third kappa shape index (κ3) is 3.01. The van der Waals surface area contributed by atoms with E-state index in [2.05, 4.69) is 21.2 Å². The zero-order valence-corrected chi connectivity index (χ0v) is 14.2. The first-order valence-electron chi connectivity index (χ1n) is 6.06. The summed E-state index contributed by atoms with van der Waals surface area (Å²) in [5.74, 6) is 0. The molecule has 1 N–H and O–H groups in total. The second-order valence-corrected chi connectivity index (χ2v) is 8.75. The van der Waals surface area contributed by atoms with Crippen LogP contribution in [0.5, 0.6) is 0 Å². The molecule has 4 nitrogen and oxygen atoms in total. The van der Waals surface area contributed by atoms with E-state index in [0.29, 0.717) is 33.9 Å². The molecule has 19 heavy (non-hydrogen) atoms. The molecule has 2 bridgehead atoms. The lowest BCUT2D eigenvalue weighted by molar-refractivity contribution is 0.384. The van der Waals surface area contributed by atoms with Gasteiger partial charge in [-0.15, -0.1) is 23.7 Å². The predicted octanol–water partition coefficient (Wildman–Crippen LogP) is 2.45. The van der Waals surface area contributed by atoms with Gasteiger partial charge in [-0.25, -0.2) is 8.42 Å². The highest BCUT2D eigenvalue weighted by molar-refractivity contribution is 9.10. The molecule has 8 heteroatoms. The van der Waals surface area contributed by atoms with Crippen LogP contribution in [0.3, 0.4) is 0 Å². The van der Waals surface area contributed by atoms with Crippen molar-refractivity contribution in [3.8, 4) is 0 Å². The van der Waals surface area contributed by atoms with Crippen LogP contribution in [0.4, 0.5) is 0 Å². The Kier molecular flexibility index (Phi) is 4.96. The van der Waals surface area contributed by atoms with Crippen molar-refractivity contribution in [3.63, 3.8) is 0 Å². The van der Waals surface area contributed by atoms with Crippen LogP contribution >= 0.6 is 39.7 Å². The minimum Gasteiger partial charge on any atom is -0.310 e. The molecule has 2 unspecified atom stereocenters. The highest BCUT2D eigenvalue weighted by Gasteiger charge is 2.36. The van der Waals surface area contributed by atoms with Crippen LogP contribution < -0.4 is 5.32 Å². The number of hydrogen-bond acceptors (Lipinski definition) is 4. The van der Waals surface area contributed by atoms with Crippen molar-refractivity contribution < 1.29 is 8.42 Å². The Morgan fingerprint density at radius 1 is 1.32 bits per heavy atom. The van der Waals surface area contributed by atoms with Crippen LogP contribution in [-0.2, 0) is 10.0 Å². The van der Waals surface area contributed by atoms with Gasteiger partial charge in [0.05, 0.1) is 0 Å². The van der Waals surface area contributed by atoms with E-state index in [1.165, 1.54) is 17.8 Å². The number of hydrogen-bond donors (Lipinski definition) is 1. The van der Waals surface area contributed by atoms with Gasteiger partial charge in [0.2, 0.25) is 0 Å². The van der Waals surface area contributed by atoms with Gasteiger partial charge in [0.25, 0.3) is 10.0 Å². The number of halogens is 2. The molecule has 3 heterocycles. The van der Waals surface area contributed by atoms with Crippen LogP contribution in [0, 0.1) is 0 Å². The van der Waals surface area contributed by atoms with Gasteiger partial charge in [-0.2, -0.15) is 4.31 Å². The summed E-state index contributed by atoms with van der Waals surface area (Å²) < 4.78 is 27.9. The largest absolute Gasteiger partial charge is 0.310 e. The maximum atomic E-state index is 12.6. The van der Waals surface area contributed by atoms with Crippen molar-refractivity contribution in [1.82, 2.24) is 9.62 Å². The van der Waals surface area contributed by atoms with Gasteiger partial charge in [-0.05, 0) is 46.6 Å². The van der Waals surface area contributed by atoms with E-state index in [1.54, 1.807) is 15.8 Å². The molecule has 0 saturated carbocycles. The summed E-state index contributed by atoms with van der Waals surface area (Å²) in [4.78, 5) is 0. The van der Waals surface area contributed by atoms with Crippen LogP contribution in [0.15, 0.2) is 20.1 Å². The normalized spacial score (nSPS) is 27.8. The first-order valence-corrected chi connectivity index (χ1v) is 9.18. The molecule has 2 saturated heterocycles. The van der Waals surface area contributed by atoms with Gasteiger partial charge in [-0.3, -0.25) is 0 Å². The summed E-state index contributed by atoms with van der Waals surface area (Å²) in [6.45, 7) is 1.23. The van der Waals surface area contributed by atoms with Crippen LogP contribution in [0.2, 0.25) is 0 Å². The lowest BCUT2D eigenvalue weighted by Gasteiger charge is -2.23. The maximum absolute atomic E-state index is 12.6. The Balaban J connectivity index is 0.00000133. The molecule has 2 aliphatic heterocycles. The molecular formula is C11H16BrClN2O2S2. The standard InChI is InChI=1S/C11H15BrN2O2S2.ClH/c12-10-4-6-17-11(10)18(15,16)14-5-3-8-1-2-9(7-14)13-8;/h4,6,8-9,13H,1-3,5,7H2;1H. The number of nitrogens with zero attached hydrogens (tertiary/aromatic N) is 1. The fourth-order valence-electron chi connectivity index (χ4n) is 2.71. The smallest absolute Gasteiger partial charge is 0.253 e. The number of sulfonamides is 1. The van der Waals surface area contributed by atoms with Gasteiger partial charge >= 0.3 is 0 Å². The minimum atomic E-state index is -3.33. The van der Waals surface area contributed by atoms with Gasteiger partial charge in [0.15, 0.2) is 0 Å². The van der Waals surface area contributed by atoms with Gasteiger partial charge < -0.3 is 5.32 Å². The molecular weight excluding hydrogens is 372 g/mol. The zero-order chi connectivity index (χ0) is 12.8. The minimum absolute atomic E-state index is 0. The lowest BCUT2D eigenvalue weighted by atomic mass is 10.1. The summed E-state index contributed by atoms with van der Waals surface area (Å²) in [5, 5.41) is 5.31. The second-order valence-electron chi connectivity index (χ2n) is 4.85. The number of fused-ring (bicyclic) bond motifs is 2. The van der Waals surface area contributed by atoms with E-state index >= 15 is 0 Å². The van der Waals surface area contributed by atoms with Gasteiger partial charge in [-0.1, -0.05) is 0 Å². The third-order valence-electron chi connectivity index (χ3n) is 3.64. The monoisotopic (exact) mass is 386 g/mol. The van der Waals surface area contributed by atoms with Crippen molar-refractivity contribution in [2.45, 2.75) is 35.6 Å². The number of thiophene rings is 1. The van der Waals surface area contributed by atoms with Crippen molar-refractivity contribution in [3.05, 3.63) is 15.9 Å². The Morgan fingerprint density at radius 2 is 2.05 bits per heavy atom. The van der Waals surface area contributed by atoms with Gasteiger partial charge in [0, 0.05) is 29.6 Å². The molecule has 0 spiro atoms. The average molecular weight is 388 g/mol. The topological polar surface area (TPSA) is 49.4 Å². The second kappa shape index (κ2) is 5.99. The van der Waals surface area contributed by atoms with Crippen molar-refractivity contribution in [2.24, 2.45) is 0 Å². The lowest BCUT2D eigenvalue weighted by Crippen LogP contribution is -2.38. The van der Waals surface area contributed by atoms with E-state index in [1.807, 2.05) is 0 Å². The fraction of sp³-hybridized carbons (Fsp3) is 0.636. The van der Waals surface area contributed by atoms with E-state index in [4.69, 9.17) is 0 Å². The zero-order valence-electron chi connectivity index (χ0n) is 10.2. The van der Waals surface area contributed by atoms with Crippen molar-refractivity contribution >= 4 is 49.7 Å². The van der Waals surface area contributed by atoms with Crippen LogP contribution in [0.1, 0.15) is 19.3 Å². The fourth-order valence-corrected chi connectivity index (χ4v) is 6.66. The predicted molar refractivity (Wildman–Crippen MR) is 82.6 cm³/mol. The van der Waals surface area contributed by atoms with Gasteiger partial charge in [0.1, 0.15) is 4.21 Å². The SMILES string of the molecule is Cl.O=S(=O)(c1sccc1Br)N1CCC2CCC(C1)N2.